The van der Waals surface area contributed by atoms with Gasteiger partial charge in [0, 0.05) is 16.2 Å². The highest BCUT2D eigenvalue weighted by Crippen LogP contribution is 2.26. The number of carbonyl (C=O) groups is 1. The highest BCUT2D eigenvalue weighted by atomic mass is 16.5. The lowest BCUT2D eigenvalue weighted by Crippen LogP contribution is -2.12. The highest BCUT2D eigenvalue weighted by Gasteiger charge is 2.12. The van der Waals surface area contributed by atoms with E-state index < -0.39 is 0 Å². The fourth-order valence-electron chi connectivity index (χ4n) is 1.83. The number of hydrogen-bond donors (Lipinski definition) is 1. The molecule has 0 aliphatic rings. The van der Waals surface area contributed by atoms with Crippen LogP contribution in [-0.4, -0.2) is 20.1 Å². The van der Waals surface area contributed by atoms with E-state index in [2.05, 4.69) is 15.3 Å². The monoisotopic (exact) mass is 298 g/mol. The SMILES string of the molecule is COc1ccc(NC(=O)c2ccc(OC)cc2N=[N+]=[N-])cc1. The van der Waals surface area contributed by atoms with Gasteiger partial charge in [-0.1, -0.05) is 5.11 Å². The van der Waals surface area contributed by atoms with Crippen LogP contribution in [0.1, 0.15) is 10.4 Å². The van der Waals surface area contributed by atoms with Crippen molar-refractivity contribution >= 4 is 17.3 Å². The van der Waals surface area contributed by atoms with Gasteiger partial charge in [0.15, 0.2) is 0 Å². The summed E-state index contributed by atoms with van der Waals surface area (Å²) in [7, 11) is 3.06. The third-order valence-electron chi connectivity index (χ3n) is 2.95. The number of anilines is 1. The minimum absolute atomic E-state index is 0.202. The Bertz CT molecular complexity index is 722. The molecule has 1 N–H and O–H groups in total. The summed E-state index contributed by atoms with van der Waals surface area (Å²) in [6.45, 7) is 0. The largest absolute Gasteiger partial charge is 0.497 e. The van der Waals surface area contributed by atoms with Crippen LogP contribution in [0, 0.1) is 0 Å². The molecular formula is C15H14N4O3. The molecule has 2 aromatic carbocycles. The molecule has 112 valence electrons. The van der Waals surface area contributed by atoms with Gasteiger partial charge in [-0.05, 0) is 48.0 Å². The lowest BCUT2D eigenvalue weighted by Gasteiger charge is -2.09. The summed E-state index contributed by atoms with van der Waals surface area (Å²) in [5.74, 6) is 0.816. The number of carbonyl (C=O) groups excluding carboxylic acids is 1. The van der Waals surface area contributed by atoms with Crippen LogP contribution in [0.2, 0.25) is 0 Å². The highest BCUT2D eigenvalue weighted by molar-refractivity contribution is 6.07. The van der Waals surface area contributed by atoms with Crippen molar-refractivity contribution in [2.24, 2.45) is 5.11 Å². The Hall–Kier alpha value is -3.18. The Morgan fingerprint density at radius 3 is 2.32 bits per heavy atom. The summed E-state index contributed by atoms with van der Waals surface area (Å²) in [6.07, 6.45) is 0. The fourth-order valence-corrected chi connectivity index (χ4v) is 1.83. The molecule has 0 bridgehead atoms. The molecule has 0 aliphatic heterocycles. The van der Waals surface area contributed by atoms with Gasteiger partial charge in [-0.3, -0.25) is 4.79 Å². The van der Waals surface area contributed by atoms with Gasteiger partial charge in [0.25, 0.3) is 5.91 Å². The Morgan fingerprint density at radius 2 is 1.73 bits per heavy atom. The standard InChI is InChI=1S/C15H14N4O3/c1-21-11-5-3-10(4-6-11)17-15(20)13-8-7-12(22-2)9-14(13)18-19-16/h3-9H,1-2H3,(H,17,20). The average molecular weight is 298 g/mol. The van der Waals surface area contributed by atoms with Crippen LogP contribution < -0.4 is 14.8 Å². The van der Waals surface area contributed by atoms with Gasteiger partial charge >= 0.3 is 0 Å². The third kappa shape index (κ3) is 3.47. The van der Waals surface area contributed by atoms with Gasteiger partial charge in [-0.25, -0.2) is 0 Å². The van der Waals surface area contributed by atoms with Crippen molar-refractivity contribution in [3.8, 4) is 11.5 Å². The van der Waals surface area contributed by atoms with E-state index in [9.17, 15) is 4.79 Å². The number of azide groups is 1. The number of nitrogens with zero attached hydrogens (tertiary/aromatic N) is 3. The number of amides is 1. The molecule has 0 saturated heterocycles. The predicted octanol–water partition coefficient (Wildman–Crippen LogP) is 3.90. The van der Waals surface area contributed by atoms with Crippen molar-refractivity contribution in [3.63, 3.8) is 0 Å². The zero-order valence-corrected chi connectivity index (χ0v) is 12.1. The molecule has 0 unspecified atom stereocenters. The van der Waals surface area contributed by atoms with Gasteiger partial charge in [0.1, 0.15) is 11.5 Å². The molecule has 0 aliphatic carbocycles. The maximum Gasteiger partial charge on any atom is 0.256 e. The molecule has 0 fully saturated rings. The summed E-state index contributed by atoms with van der Waals surface area (Å²) >= 11 is 0. The Balaban J connectivity index is 2.26. The Labute approximate surface area is 127 Å². The van der Waals surface area contributed by atoms with Crippen LogP contribution in [-0.2, 0) is 0 Å². The number of rotatable bonds is 5. The van der Waals surface area contributed by atoms with Gasteiger partial charge in [-0.2, -0.15) is 0 Å². The van der Waals surface area contributed by atoms with Gasteiger partial charge in [0.2, 0.25) is 0 Å². The van der Waals surface area contributed by atoms with E-state index >= 15 is 0 Å². The molecule has 7 heteroatoms. The zero-order chi connectivity index (χ0) is 15.9. The molecule has 7 nitrogen and oxygen atoms in total. The number of hydrogen-bond acceptors (Lipinski definition) is 4. The number of ether oxygens (including phenoxy) is 2. The molecule has 0 atom stereocenters. The van der Waals surface area contributed by atoms with E-state index in [1.807, 2.05) is 0 Å². The normalized spacial score (nSPS) is 9.55. The number of methoxy groups -OCH3 is 2. The quantitative estimate of drug-likeness (QED) is 0.515. The summed E-state index contributed by atoms with van der Waals surface area (Å²) in [5, 5.41) is 6.25. The molecule has 0 radical (unpaired) electrons. The molecule has 0 aromatic heterocycles. The van der Waals surface area contributed by atoms with Crippen LogP contribution >= 0.6 is 0 Å². The van der Waals surface area contributed by atoms with Crippen molar-refractivity contribution < 1.29 is 14.3 Å². The van der Waals surface area contributed by atoms with E-state index in [0.29, 0.717) is 17.2 Å². The van der Waals surface area contributed by atoms with Gasteiger partial charge in [0.05, 0.1) is 19.9 Å². The average Bonchev–Trinajstić information content (AvgIpc) is 2.55. The molecule has 0 spiro atoms. The van der Waals surface area contributed by atoms with Crippen LogP contribution in [0.15, 0.2) is 47.6 Å². The van der Waals surface area contributed by atoms with E-state index in [0.717, 1.165) is 0 Å². The second-order valence-electron chi connectivity index (χ2n) is 4.26. The Morgan fingerprint density at radius 1 is 1.09 bits per heavy atom. The molecule has 0 heterocycles. The summed E-state index contributed by atoms with van der Waals surface area (Å²) < 4.78 is 10.1. The minimum Gasteiger partial charge on any atom is -0.497 e. The van der Waals surface area contributed by atoms with Crippen molar-refractivity contribution in [2.45, 2.75) is 0 Å². The summed E-state index contributed by atoms with van der Waals surface area (Å²) in [5.41, 5.74) is 9.67. The lowest BCUT2D eigenvalue weighted by atomic mass is 10.1. The van der Waals surface area contributed by atoms with E-state index in [1.54, 1.807) is 43.5 Å². The second-order valence-corrected chi connectivity index (χ2v) is 4.26. The van der Waals surface area contributed by atoms with Crippen molar-refractivity contribution in [1.29, 1.82) is 0 Å². The molecule has 1 amide bonds. The first kappa shape index (κ1) is 15.2. The topological polar surface area (TPSA) is 96.3 Å². The molecule has 0 saturated carbocycles. The number of nitrogens with one attached hydrogen (secondary N) is 1. The van der Waals surface area contributed by atoms with Crippen LogP contribution in [0.25, 0.3) is 10.4 Å². The minimum atomic E-state index is -0.379. The molecular weight excluding hydrogens is 284 g/mol. The first-order valence-corrected chi connectivity index (χ1v) is 6.36. The maximum absolute atomic E-state index is 12.3. The Kier molecular flexibility index (Phi) is 4.85. The smallest absolute Gasteiger partial charge is 0.256 e. The van der Waals surface area contributed by atoms with Gasteiger partial charge in [-0.15, -0.1) is 0 Å². The van der Waals surface area contributed by atoms with Crippen LogP contribution in [0.5, 0.6) is 11.5 Å². The lowest BCUT2D eigenvalue weighted by molar-refractivity contribution is 0.102. The first-order valence-electron chi connectivity index (χ1n) is 6.36. The van der Waals surface area contributed by atoms with E-state index in [-0.39, 0.29) is 17.2 Å². The van der Waals surface area contributed by atoms with Crippen molar-refractivity contribution in [2.75, 3.05) is 19.5 Å². The first-order chi connectivity index (χ1) is 10.7. The maximum atomic E-state index is 12.3. The van der Waals surface area contributed by atoms with Crippen molar-refractivity contribution in [1.82, 2.24) is 0 Å². The molecule has 22 heavy (non-hydrogen) atoms. The summed E-state index contributed by atoms with van der Waals surface area (Å²) in [6, 6.07) is 11.6. The predicted molar refractivity (Wildman–Crippen MR) is 82.7 cm³/mol. The zero-order valence-electron chi connectivity index (χ0n) is 12.1. The fraction of sp³-hybridized carbons (Fsp3) is 0.133. The van der Waals surface area contributed by atoms with E-state index in [4.69, 9.17) is 15.0 Å². The van der Waals surface area contributed by atoms with Crippen LogP contribution in [0.3, 0.4) is 0 Å². The summed E-state index contributed by atoms with van der Waals surface area (Å²) in [4.78, 5) is 15.0. The second kappa shape index (κ2) is 7.01. The molecule has 2 rings (SSSR count). The van der Waals surface area contributed by atoms with Crippen molar-refractivity contribution in [3.05, 3.63) is 58.5 Å². The third-order valence-corrected chi connectivity index (χ3v) is 2.95. The number of benzene rings is 2. The molecule has 2 aromatic rings. The van der Waals surface area contributed by atoms with E-state index in [1.165, 1.54) is 13.2 Å². The van der Waals surface area contributed by atoms with Gasteiger partial charge < -0.3 is 14.8 Å². The van der Waals surface area contributed by atoms with Crippen LogP contribution in [0.4, 0.5) is 11.4 Å².